The molecule has 106 valence electrons. The van der Waals surface area contributed by atoms with Crippen molar-refractivity contribution in [1.82, 2.24) is 20.4 Å². The molecule has 2 heterocycles. The molecule has 0 aliphatic heterocycles. The zero-order valence-electron chi connectivity index (χ0n) is 11.4. The van der Waals surface area contributed by atoms with Crippen molar-refractivity contribution in [3.05, 3.63) is 41.6 Å². The van der Waals surface area contributed by atoms with Gasteiger partial charge in [0.25, 0.3) is 0 Å². The van der Waals surface area contributed by atoms with Crippen LogP contribution in [0.4, 0.5) is 4.79 Å². The number of hydrogen-bond donors (Lipinski definition) is 2. The van der Waals surface area contributed by atoms with Crippen molar-refractivity contribution in [3.8, 4) is 0 Å². The Kier molecular flexibility index (Phi) is 3.45. The minimum atomic E-state index is -0.159. The van der Waals surface area contributed by atoms with Gasteiger partial charge in [0.1, 0.15) is 0 Å². The second-order valence-electron chi connectivity index (χ2n) is 5.07. The molecule has 2 N–H and O–H groups in total. The van der Waals surface area contributed by atoms with Crippen LogP contribution in [0.5, 0.6) is 0 Å². The van der Waals surface area contributed by atoms with Crippen molar-refractivity contribution in [2.24, 2.45) is 7.05 Å². The summed E-state index contributed by atoms with van der Waals surface area (Å²) in [5.74, 6) is 0. The van der Waals surface area contributed by atoms with Crippen molar-refractivity contribution in [3.63, 3.8) is 0 Å². The number of aromatic nitrogens is 2. The van der Waals surface area contributed by atoms with Gasteiger partial charge in [-0.15, -0.1) is 0 Å². The van der Waals surface area contributed by atoms with Crippen LogP contribution < -0.4 is 10.6 Å². The highest BCUT2D eigenvalue weighted by molar-refractivity contribution is 5.74. The number of fused-ring (bicyclic) bond motifs is 1. The largest absolute Gasteiger partial charge is 0.472 e. The lowest BCUT2D eigenvalue weighted by Crippen LogP contribution is -2.38. The summed E-state index contributed by atoms with van der Waals surface area (Å²) in [5.41, 5.74) is 3.31. The van der Waals surface area contributed by atoms with E-state index in [4.69, 9.17) is 4.42 Å². The van der Waals surface area contributed by atoms with Crippen molar-refractivity contribution >= 4 is 6.03 Å². The van der Waals surface area contributed by atoms with Crippen molar-refractivity contribution < 1.29 is 9.21 Å². The average molecular weight is 274 g/mol. The number of hydrogen-bond acceptors (Lipinski definition) is 3. The number of amides is 2. The van der Waals surface area contributed by atoms with Crippen LogP contribution in [0.2, 0.25) is 0 Å². The molecule has 0 saturated carbocycles. The third-order valence-corrected chi connectivity index (χ3v) is 3.71. The maximum Gasteiger partial charge on any atom is 0.315 e. The lowest BCUT2D eigenvalue weighted by Gasteiger charge is -2.23. The first-order valence-electron chi connectivity index (χ1n) is 6.80. The zero-order chi connectivity index (χ0) is 13.9. The van der Waals surface area contributed by atoms with Crippen LogP contribution in [0.15, 0.2) is 29.2 Å². The van der Waals surface area contributed by atoms with Crippen LogP contribution in [0.3, 0.4) is 0 Å². The zero-order valence-corrected chi connectivity index (χ0v) is 11.4. The molecule has 2 amide bonds. The first kappa shape index (κ1) is 12.8. The third-order valence-electron chi connectivity index (χ3n) is 3.71. The van der Waals surface area contributed by atoms with Crippen molar-refractivity contribution in [2.45, 2.75) is 31.8 Å². The Bertz CT molecular complexity index is 588. The second kappa shape index (κ2) is 5.40. The van der Waals surface area contributed by atoms with Gasteiger partial charge >= 0.3 is 6.03 Å². The Morgan fingerprint density at radius 2 is 2.50 bits per heavy atom. The molecule has 1 aliphatic carbocycles. The molecule has 0 aromatic carbocycles. The Morgan fingerprint density at radius 1 is 1.60 bits per heavy atom. The molecule has 20 heavy (non-hydrogen) atoms. The lowest BCUT2D eigenvalue weighted by atomic mass is 9.93. The fourth-order valence-electron chi connectivity index (χ4n) is 2.64. The molecule has 6 heteroatoms. The number of furan rings is 1. The van der Waals surface area contributed by atoms with Gasteiger partial charge in [0.05, 0.1) is 24.8 Å². The summed E-state index contributed by atoms with van der Waals surface area (Å²) in [7, 11) is 1.94. The van der Waals surface area contributed by atoms with E-state index in [1.54, 1.807) is 12.5 Å². The van der Waals surface area contributed by atoms with E-state index in [0.29, 0.717) is 6.54 Å². The van der Waals surface area contributed by atoms with E-state index in [0.717, 1.165) is 30.4 Å². The van der Waals surface area contributed by atoms with Gasteiger partial charge < -0.3 is 15.1 Å². The average Bonchev–Trinajstić information content (AvgIpc) is 3.08. The smallest absolute Gasteiger partial charge is 0.315 e. The molecule has 1 aliphatic rings. The standard InChI is InChI=1S/C14H18N4O2/c1-18-13-4-2-3-12(11(13)8-16-18)17-14(19)15-7-10-5-6-20-9-10/h5-6,8-9,12H,2-4,7H2,1H3,(H2,15,17,19)/t12-/m1/s1. The predicted molar refractivity (Wildman–Crippen MR) is 73.0 cm³/mol. The minimum Gasteiger partial charge on any atom is -0.472 e. The highest BCUT2D eigenvalue weighted by Gasteiger charge is 2.24. The fourth-order valence-corrected chi connectivity index (χ4v) is 2.64. The molecular formula is C14H18N4O2. The quantitative estimate of drug-likeness (QED) is 0.897. The highest BCUT2D eigenvalue weighted by atomic mass is 16.3. The summed E-state index contributed by atoms with van der Waals surface area (Å²) in [6.07, 6.45) is 8.13. The third kappa shape index (κ3) is 2.54. The van der Waals surface area contributed by atoms with Gasteiger partial charge in [-0.1, -0.05) is 0 Å². The Hall–Kier alpha value is -2.24. The first-order valence-corrected chi connectivity index (χ1v) is 6.80. The summed E-state index contributed by atoms with van der Waals surface area (Å²) in [6.45, 7) is 0.467. The van der Waals surface area contributed by atoms with Gasteiger partial charge in [-0.25, -0.2) is 4.79 Å². The monoisotopic (exact) mass is 274 g/mol. The fraction of sp³-hybridized carbons (Fsp3) is 0.429. The number of urea groups is 1. The molecule has 0 bridgehead atoms. The van der Waals surface area contributed by atoms with Crippen LogP contribution in [-0.4, -0.2) is 15.8 Å². The van der Waals surface area contributed by atoms with Crippen LogP contribution in [0, 0.1) is 0 Å². The number of aryl methyl sites for hydroxylation is 1. The van der Waals surface area contributed by atoms with Gasteiger partial charge in [0.15, 0.2) is 0 Å². The summed E-state index contributed by atoms with van der Waals surface area (Å²) < 4.78 is 6.86. The Morgan fingerprint density at radius 3 is 3.30 bits per heavy atom. The van der Waals surface area contributed by atoms with Crippen LogP contribution >= 0.6 is 0 Å². The van der Waals surface area contributed by atoms with Gasteiger partial charge in [-0.2, -0.15) is 5.10 Å². The maximum atomic E-state index is 11.9. The van der Waals surface area contributed by atoms with Gasteiger partial charge in [-0.3, -0.25) is 4.68 Å². The van der Waals surface area contributed by atoms with E-state index < -0.39 is 0 Å². The summed E-state index contributed by atoms with van der Waals surface area (Å²) in [6, 6.07) is 1.73. The normalized spacial score (nSPS) is 17.6. The highest BCUT2D eigenvalue weighted by Crippen LogP contribution is 2.28. The molecule has 0 radical (unpaired) electrons. The Balaban J connectivity index is 1.59. The lowest BCUT2D eigenvalue weighted by molar-refractivity contribution is 0.235. The van der Waals surface area contributed by atoms with E-state index in [-0.39, 0.29) is 12.1 Å². The van der Waals surface area contributed by atoms with Crippen LogP contribution in [0.25, 0.3) is 0 Å². The molecular weight excluding hydrogens is 256 g/mol. The Labute approximate surface area is 117 Å². The number of rotatable bonds is 3. The van der Waals surface area contributed by atoms with Gasteiger partial charge in [0.2, 0.25) is 0 Å². The van der Waals surface area contributed by atoms with Crippen molar-refractivity contribution in [1.29, 1.82) is 0 Å². The van der Waals surface area contributed by atoms with Gasteiger partial charge in [0, 0.05) is 30.4 Å². The summed E-state index contributed by atoms with van der Waals surface area (Å²) >= 11 is 0. The molecule has 0 saturated heterocycles. The molecule has 0 unspecified atom stereocenters. The molecule has 0 spiro atoms. The van der Waals surface area contributed by atoms with Crippen LogP contribution in [0.1, 0.15) is 35.7 Å². The molecule has 2 aromatic heterocycles. The number of nitrogens with one attached hydrogen (secondary N) is 2. The minimum absolute atomic E-state index is 0.0526. The van der Waals surface area contributed by atoms with E-state index in [2.05, 4.69) is 15.7 Å². The van der Waals surface area contributed by atoms with E-state index in [1.807, 2.05) is 24.0 Å². The van der Waals surface area contributed by atoms with E-state index >= 15 is 0 Å². The number of nitrogens with zero attached hydrogens (tertiary/aromatic N) is 2. The molecule has 0 fully saturated rings. The molecule has 2 aromatic rings. The topological polar surface area (TPSA) is 72.1 Å². The summed E-state index contributed by atoms with van der Waals surface area (Å²) in [4.78, 5) is 11.9. The first-order chi connectivity index (χ1) is 9.74. The van der Waals surface area contributed by atoms with Crippen LogP contribution in [-0.2, 0) is 20.0 Å². The van der Waals surface area contributed by atoms with E-state index in [1.165, 1.54) is 5.69 Å². The summed E-state index contributed by atoms with van der Waals surface area (Å²) in [5, 5.41) is 10.1. The maximum absolute atomic E-state index is 11.9. The number of carbonyl (C=O) groups is 1. The second-order valence-corrected chi connectivity index (χ2v) is 5.07. The van der Waals surface area contributed by atoms with Gasteiger partial charge in [-0.05, 0) is 25.3 Å². The van der Waals surface area contributed by atoms with E-state index in [9.17, 15) is 4.79 Å². The predicted octanol–water partition coefficient (Wildman–Crippen LogP) is 1.89. The molecule has 6 nitrogen and oxygen atoms in total. The van der Waals surface area contributed by atoms with Crippen molar-refractivity contribution in [2.75, 3.05) is 0 Å². The molecule has 1 atom stereocenters. The molecule has 3 rings (SSSR count). The number of carbonyl (C=O) groups excluding carboxylic acids is 1. The SMILES string of the molecule is Cn1ncc2c1CCC[C@H]2NC(=O)NCc1ccoc1.